The summed E-state index contributed by atoms with van der Waals surface area (Å²) in [4.78, 5) is 16.2. The molecule has 0 aliphatic rings. The summed E-state index contributed by atoms with van der Waals surface area (Å²) < 4.78 is 0. The summed E-state index contributed by atoms with van der Waals surface area (Å²) in [6.07, 6.45) is 1.65. The molecule has 1 unspecified atom stereocenters. The maximum atomic E-state index is 12.1. The van der Waals surface area contributed by atoms with E-state index in [1.165, 1.54) is 11.8 Å². The van der Waals surface area contributed by atoms with Crippen molar-refractivity contribution >= 4 is 40.6 Å². The highest BCUT2D eigenvalue weighted by Crippen LogP contribution is 2.28. The molecule has 2 aromatic rings. The lowest BCUT2D eigenvalue weighted by Gasteiger charge is -2.12. The van der Waals surface area contributed by atoms with Crippen LogP contribution < -0.4 is 11.1 Å². The van der Waals surface area contributed by atoms with Gasteiger partial charge in [-0.25, -0.2) is 4.98 Å². The van der Waals surface area contributed by atoms with Gasteiger partial charge in [0.05, 0.1) is 10.3 Å². The van der Waals surface area contributed by atoms with Gasteiger partial charge in [-0.3, -0.25) is 4.79 Å². The minimum absolute atomic E-state index is 0.110. The molecule has 0 saturated heterocycles. The van der Waals surface area contributed by atoms with Crippen molar-refractivity contribution in [1.29, 1.82) is 0 Å². The SMILES string of the molecule is CC(Sc1ncccc1Cl)C(=O)Nc1ccc(N)cc1. The Morgan fingerprint density at radius 3 is 2.70 bits per heavy atom. The van der Waals surface area contributed by atoms with Gasteiger partial charge in [-0.2, -0.15) is 0 Å². The van der Waals surface area contributed by atoms with Crippen LogP contribution in [0.3, 0.4) is 0 Å². The van der Waals surface area contributed by atoms with Crippen LogP contribution in [0.4, 0.5) is 11.4 Å². The fraction of sp³-hybridized carbons (Fsp3) is 0.143. The van der Waals surface area contributed by atoms with E-state index in [1.54, 1.807) is 42.6 Å². The topological polar surface area (TPSA) is 68.0 Å². The molecule has 0 aliphatic heterocycles. The summed E-state index contributed by atoms with van der Waals surface area (Å²) in [5.41, 5.74) is 6.97. The molecule has 104 valence electrons. The van der Waals surface area contributed by atoms with Crippen LogP contribution in [-0.4, -0.2) is 16.1 Å². The third-order valence-electron chi connectivity index (χ3n) is 2.56. The number of benzene rings is 1. The molecule has 0 radical (unpaired) electrons. The van der Waals surface area contributed by atoms with Crippen LogP contribution >= 0.6 is 23.4 Å². The molecule has 1 heterocycles. The van der Waals surface area contributed by atoms with Gasteiger partial charge in [0, 0.05) is 17.6 Å². The first-order valence-corrected chi connectivity index (χ1v) is 7.25. The Morgan fingerprint density at radius 1 is 1.35 bits per heavy atom. The van der Waals surface area contributed by atoms with E-state index in [0.717, 1.165) is 0 Å². The third-order valence-corrected chi connectivity index (χ3v) is 4.09. The first-order chi connectivity index (χ1) is 9.56. The van der Waals surface area contributed by atoms with Gasteiger partial charge in [0.2, 0.25) is 5.91 Å². The number of anilines is 2. The second-order valence-electron chi connectivity index (χ2n) is 4.16. The molecule has 1 aromatic heterocycles. The number of aromatic nitrogens is 1. The second kappa shape index (κ2) is 6.63. The fourth-order valence-electron chi connectivity index (χ4n) is 1.49. The molecule has 3 N–H and O–H groups in total. The molecule has 0 spiro atoms. The number of amides is 1. The van der Waals surface area contributed by atoms with E-state index in [9.17, 15) is 4.79 Å². The summed E-state index contributed by atoms with van der Waals surface area (Å²) in [5.74, 6) is -0.110. The van der Waals surface area contributed by atoms with Crippen molar-refractivity contribution in [2.75, 3.05) is 11.1 Å². The first kappa shape index (κ1) is 14.7. The lowest BCUT2D eigenvalue weighted by atomic mass is 10.3. The van der Waals surface area contributed by atoms with Gasteiger partial charge < -0.3 is 11.1 Å². The standard InChI is InChI=1S/C14H14ClN3OS/c1-9(20-14-12(15)3-2-8-17-14)13(19)18-11-6-4-10(16)5-7-11/h2-9H,16H2,1H3,(H,18,19). The number of nitrogens with two attached hydrogens (primary N) is 1. The maximum absolute atomic E-state index is 12.1. The number of nitrogens with one attached hydrogen (secondary N) is 1. The lowest BCUT2D eigenvalue weighted by Crippen LogP contribution is -2.22. The van der Waals surface area contributed by atoms with E-state index in [0.29, 0.717) is 21.4 Å². The van der Waals surface area contributed by atoms with E-state index in [-0.39, 0.29) is 11.2 Å². The van der Waals surface area contributed by atoms with Crippen molar-refractivity contribution in [2.45, 2.75) is 17.2 Å². The van der Waals surface area contributed by atoms with Crippen LogP contribution in [-0.2, 0) is 4.79 Å². The van der Waals surface area contributed by atoms with Crippen molar-refractivity contribution in [3.63, 3.8) is 0 Å². The number of rotatable bonds is 4. The number of carbonyl (C=O) groups excluding carboxylic acids is 1. The van der Waals surface area contributed by atoms with Crippen molar-refractivity contribution in [3.05, 3.63) is 47.6 Å². The summed E-state index contributed by atoms with van der Waals surface area (Å²) in [6.45, 7) is 1.81. The molecule has 20 heavy (non-hydrogen) atoms. The Morgan fingerprint density at radius 2 is 2.05 bits per heavy atom. The van der Waals surface area contributed by atoms with Crippen molar-refractivity contribution in [1.82, 2.24) is 4.98 Å². The molecule has 0 aliphatic carbocycles. The van der Waals surface area contributed by atoms with Crippen LogP contribution in [0, 0.1) is 0 Å². The monoisotopic (exact) mass is 307 g/mol. The van der Waals surface area contributed by atoms with Crippen molar-refractivity contribution in [2.24, 2.45) is 0 Å². The summed E-state index contributed by atoms with van der Waals surface area (Å²) >= 11 is 7.34. The molecule has 0 saturated carbocycles. The number of pyridine rings is 1. The zero-order valence-electron chi connectivity index (χ0n) is 10.8. The van der Waals surface area contributed by atoms with Gasteiger partial charge in [-0.15, -0.1) is 0 Å². The van der Waals surface area contributed by atoms with Gasteiger partial charge in [-0.05, 0) is 43.3 Å². The number of carbonyl (C=O) groups is 1. The van der Waals surface area contributed by atoms with Gasteiger partial charge in [0.15, 0.2) is 0 Å². The number of nitrogen functional groups attached to an aromatic ring is 1. The fourth-order valence-corrected chi connectivity index (χ4v) is 2.55. The van der Waals surface area contributed by atoms with Gasteiger partial charge in [-0.1, -0.05) is 23.4 Å². The molecule has 1 atom stereocenters. The lowest BCUT2D eigenvalue weighted by molar-refractivity contribution is -0.115. The van der Waals surface area contributed by atoms with Gasteiger partial charge in [0.1, 0.15) is 5.03 Å². The number of thioether (sulfide) groups is 1. The Kier molecular flexibility index (Phi) is 4.87. The maximum Gasteiger partial charge on any atom is 0.237 e. The Bertz CT molecular complexity index is 604. The predicted octanol–water partition coefficient (Wildman–Crippen LogP) is 3.44. The van der Waals surface area contributed by atoms with Crippen molar-refractivity contribution in [3.8, 4) is 0 Å². The zero-order chi connectivity index (χ0) is 14.5. The molecular weight excluding hydrogens is 294 g/mol. The molecule has 0 bridgehead atoms. The van der Waals surface area contributed by atoms with Crippen LogP contribution in [0.15, 0.2) is 47.6 Å². The quantitative estimate of drug-likeness (QED) is 0.670. The van der Waals surface area contributed by atoms with Crippen LogP contribution in [0.1, 0.15) is 6.92 Å². The number of hydrogen-bond acceptors (Lipinski definition) is 4. The van der Waals surface area contributed by atoms with E-state index >= 15 is 0 Å². The minimum atomic E-state index is -0.306. The Balaban J connectivity index is 1.99. The van der Waals surface area contributed by atoms with E-state index in [4.69, 9.17) is 17.3 Å². The van der Waals surface area contributed by atoms with Crippen molar-refractivity contribution < 1.29 is 4.79 Å². The van der Waals surface area contributed by atoms with Crippen LogP contribution in [0.2, 0.25) is 5.02 Å². The van der Waals surface area contributed by atoms with Crippen LogP contribution in [0.25, 0.3) is 0 Å². The smallest absolute Gasteiger partial charge is 0.237 e. The first-order valence-electron chi connectivity index (χ1n) is 6.00. The average molecular weight is 308 g/mol. The zero-order valence-corrected chi connectivity index (χ0v) is 12.4. The highest BCUT2D eigenvalue weighted by atomic mass is 35.5. The summed E-state index contributed by atoms with van der Waals surface area (Å²) in [7, 11) is 0. The number of hydrogen-bond donors (Lipinski definition) is 2. The normalized spacial score (nSPS) is 11.9. The molecule has 0 fully saturated rings. The van der Waals surface area contributed by atoms with Gasteiger partial charge in [0.25, 0.3) is 0 Å². The molecule has 1 aromatic carbocycles. The largest absolute Gasteiger partial charge is 0.399 e. The highest BCUT2D eigenvalue weighted by molar-refractivity contribution is 8.00. The molecular formula is C14H14ClN3OS. The third kappa shape index (κ3) is 3.88. The minimum Gasteiger partial charge on any atom is -0.399 e. The Labute approximate surface area is 126 Å². The van der Waals surface area contributed by atoms with E-state index in [2.05, 4.69) is 10.3 Å². The molecule has 6 heteroatoms. The second-order valence-corrected chi connectivity index (χ2v) is 5.90. The molecule has 2 rings (SSSR count). The predicted molar refractivity (Wildman–Crippen MR) is 84.1 cm³/mol. The van der Waals surface area contributed by atoms with Gasteiger partial charge >= 0.3 is 0 Å². The Hall–Kier alpha value is -1.72. The average Bonchev–Trinajstić information content (AvgIpc) is 2.44. The van der Waals surface area contributed by atoms with E-state index in [1.807, 2.05) is 6.92 Å². The highest BCUT2D eigenvalue weighted by Gasteiger charge is 2.16. The summed E-state index contributed by atoms with van der Waals surface area (Å²) in [5, 5.41) is 3.71. The van der Waals surface area contributed by atoms with Crippen LogP contribution in [0.5, 0.6) is 0 Å². The molecule has 1 amide bonds. The number of nitrogens with zero attached hydrogens (tertiary/aromatic N) is 1. The summed E-state index contributed by atoms with van der Waals surface area (Å²) in [6, 6.07) is 10.5. The number of halogens is 1. The molecule has 4 nitrogen and oxygen atoms in total. The van der Waals surface area contributed by atoms with E-state index < -0.39 is 0 Å².